The van der Waals surface area contributed by atoms with Gasteiger partial charge in [-0.1, -0.05) is 47.5 Å². The summed E-state index contributed by atoms with van der Waals surface area (Å²) in [6.07, 6.45) is 3.34. The van der Waals surface area contributed by atoms with Crippen LogP contribution < -0.4 is 10.2 Å². The highest BCUT2D eigenvalue weighted by molar-refractivity contribution is 6.43. The zero-order valence-corrected chi connectivity index (χ0v) is 19.5. The minimum absolute atomic E-state index is 0.000415. The number of benzene rings is 2. The van der Waals surface area contributed by atoms with Crippen LogP contribution in [0.1, 0.15) is 29.8 Å². The summed E-state index contributed by atoms with van der Waals surface area (Å²) in [5.74, 6) is 0.698. The largest absolute Gasteiger partial charge is 0.368 e. The van der Waals surface area contributed by atoms with Crippen LogP contribution in [0.15, 0.2) is 48.5 Å². The van der Waals surface area contributed by atoms with Crippen molar-refractivity contribution in [3.05, 3.63) is 64.3 Å². The molecule has 0 radical (unpaired) electrons. The summed E-state index contributed by atoms with van der Waals surface area (Å²) < 4.78 is 0. The van der Waals surface area contributed by atoms with Gasteiger partial charge in [-0.3, -0.25) is 9.69 Å². The third-order valence-electron chi connectivity index (χ3n) is 6.84. The number of halogens is 2. The molecule has 2 N–H and O–H groups in total. The number of rotatable bonds is 6. The van der Waals surface area contributed by atoms with Crippen LogP contribution in [0.3, 0.4) is 0 Å². The Balaban J connectivity index is 1.03. The standard InChI is InChI=1S/C25H28Cl2N4O/c26-20-5-3-7-23(24(20)27)31-12-10-30(11-13-31)9-8-17-14-19(15-17)28-25(32)22-16-18-4-1-2-6-21(18)29-22/h1-7,16-17,19,29H,8-15H2,(H,28,32)/t17-,19-. The first-order valence-electron chi connectivity index (χ1n) is 11.4. The smallest absolute Gasteiger partial charge is 0.267 e. The van der Waals surface area contributed by atoms with E-state index in [9.17, 15) is 4.79 Å². The lowest BCUT2D eigenvalue weighted by molar-refractivity contribution is 0.0873. The highest BCUT2D eigenvalue weighted by atomic mass is 35.5. The van der Waals surface area contributed by atoms with Crippen LogP contribution in [0, 0.1) is 5.92 Å². The molecule has 0 spiro atoms. The summed E-state index contributed by atoms with van der Waals surface area (Å²) in [4.78, 5) is 20.6. The van der Waals surface area contributed by atoms with Crippen molar-refractivity contribution in [1.29, 1.82) is 0 Å². The molecule has 5 rings (SSSR count). The number of carbonyl (C=O) groups excluding carboxylic acids is 1. The molecule has 2 aromatic carbocycles. The molecule has 1 aromatic heterocycles. The number of fused-ring (bicyclic) bond motifs is 1. The minimum atomic E-state index is 0.000415. The number of piperazine rings is 1. The molecule has 7 heteroatoms. The van der Waals surface area contributed by atoms with Gasteiger partial charge in [-0.2, -0.15) is 0 Å². The molecule has 1 saturated carbocycles. The number of H-pyrrole nitrogens is 1. The Bertz CT molecular complexity index is 1070. The van der Waals surface area contributed by atoms with Gasteiger partial charge in [0, 0.05) is 43.1 Å². The average Bonchev–Trinajstić information content (AvgIpc) is 3.22. The monoisotopic (exact) mass is 470 g/mol. The molecule has 0 unspecified atom stereocenters. The first-order valence-corrected chi connectivity index (χ1v) is 12.1. The van der Waals surface area contributed by atoms with Crippen molar-refractivity contribution in [2.24, 2.45) is 5.92 Å². The van der Waals surface area contributed by atoms with E-state index in [1.54, 1.807) is 0 Å². The second-order valence-corrected chi connectivity index (χ2v) is 9.75. The zero-order chi connectivity index (χ0) is 22.1. The Morgan fingerprint density at radius 2 is 1.81 bits per heavy atom. The number of nitrogens with one attached hydrogen (secondary N) is 2. The molecule has 3 aromatic rings. The summed E-state index contributed by atoms with van der Waals surface area (Å²) in [6, 6.07) is 16.0. The summed E-state index contributed by atoms with van der Waals surface area (Å²) in [5.41, 5.74) is 2.68. The second-order valence-electron chi connectivity index (χ2n) is 8.97. The minimum Gasteiger partial charge on any atom is -0.368 e. The number of anilines is 1. The fourth-order valence-corrected chi connectivity index (χ4v) is 5.28. The molecular weight excluding hydrogens is 443 g/mol. The quantitative estimate of drug-likeness (QED) is 0.520. The number of nitrogens with zero attached hydrogens (tertiary/aromatic N) is 2. The molecule has 32 heavy (non-hydrogen) atoms. The van der Waals surface area contributed by atoms with E-state index in [1.807, 2.05) is 48.5 Å². The maximum atomic E-state index is 12.5. The van der Waals surface area contributed by atoms with E-state index < -0.39 is 0 Å². The van der Waals surface area contributed by atoms with E-state index in [2.05, 4.69) is 20.1 Å². The summed E-state index contributed by atoms with van der Waals surface area (Å²) in [6.45, 7) is 5.12. The average molecular weight is 471 g/mol. The van der Waals surface area contributed by atoms with Crippen molar-refractivity contribution < 1.29 is 4.79 Å². The normalized spacial score (nSPS) is 21.5. The predicted octanol–water partition coefficient (Wildman–Crippen LogP) is 5.20. The van der Waals surface area contributed by atoms with E-state index in [0.29, 0.717) is 27.7 Å². The van der Waals surface area contributed by atoms with Gasteiger partial charge in [0.05, 0.1) is 15.7 Å². The number of aromatic amines is 1. The number of hydrogen-bond donors (Lipinski definition) is 2. The van der Waals surface area contributed by atoms with E-state index in [1.165, 1.54) is 6.42 Å². The first-order chi connectivity index (χ1) is 15.6. The van der Waals surface area contributed by atoms with Crippen LogP contribution in [0.5, 0.6) is 0 Å². The Morgan fingerprint density at radius 1 is 1.03 bits per heavy atom. The van der Waals surface area contributed by atoms with Crippen LogP contribution >= 0.6 is 23.2 Å². The second kappa shape index (κ2) is 9.34. The molecule has 1 aliphatic heterocycles. The Labute approximate surface area is 198 Å². The number of para-hydroxylation sites is 1. The molecule has 1 amide bonds. The molecule has 5 nitrogen and oxygen atoms in total. The zero-order valence-electron chi connectivity index (χ0n) is 18.0. The number of amides is 1. The third kappa shape index (κ3) is 4.61. The van der Waals surface area contributed by atoms with Crippen molar-refractivity contribution in [2.45, 2.75) is 25.3 Å². The van der Waals surface area contributed by atoms with Gasteiger partial charge in [-0.05, 0) is 56.0 Å². The van der Waals surface area contributed by atoms with E-state index >= 15 is 0 Å². The summed E-state index contributed by atoms with van der Waals surface area (Å²) in [5, 5.41) is 5.52. The van der Waals surface area contributed by atoms with Gasteiger partial charge in [-0.15, -0.1) is 0 Å². The van der Waals surface area contributed by atoms with Crippen molar-refractivity contribution in [3.63, 3.8) is 0 Å². The Hall–Kier alpha value is -2.21. The van der Waals surface area contributed by atoms with Gasteiger partial charge in [0.25, 0.3) is 5.91 Å². The SMILES string of the molecule is O=C(N[C@H]1C[C@H](CCN2CCN(c3cccc(Cl)c3Cl)CC2)C1)c1cc2ccccc2[nH]1. The van der Waals surface area contributed by atoms with Gasteiger partial charge in [0.1, 0.15) is 5.69 Å². The molecule has 2 heterocycles. The molecular formula is C25H28Cl2N4O. The predicted molar refractivity (Wildman–Crippen MR) is 132 cm³/mol. The maximum absolute atomic E-state index is 12.5. The van der Waals surface area contributed by atoms with Crippen LogP contribution in [-0.2, 0) is 0 Å². The fraction of sp³-hybridized carbons (Fsp3) is 0.400. The lowest BCUT2D eigenvalue weighted by Crippen LogP contribution is -2.48. The molecule has 1 aliphatic carbocycles. The highest BCUT2D eigenvalue weighted by Gasteiger charge is 2.31. The molecule has 2 aliphatic rings. The highest BCUT2D eigenvalue weighted by Crippen LogP contribution is 2.34. The third-order valence-corrected chi connectivity index (χ3v) is 7.65. The molecule has 0 bridgehead atoms. The lowest BCUT2D eigenvalue weighted by Gasteiger charge is -2.39. The molecule has 1 saturated heterocycles. The molecule has 168 valence electrons. The Morgan fingerprint density at radius 3 is 2.59 bits per heavy atom. The van der Waals surface area contributed by atoms with Gasteiger partial charge in [0.15, 0.2) is 0 Å². The fourth-order valence-electron chi connectivity index (χ4n) is 4.86. The molecule has 2 fully saturated rings. The van der Waals surface area contributed by atoms with Crippen molar-refractivity contribution >= 4 is 45.7 Å². The van der Waals surface area contributed by atoms with Crippen molar-refractivity contribution in [3.8, 4) is 0 Å². The van der Waals surface area contributed by atoms with Gasteiger partial charge in [0.2, 0.25) is 0 Å². The first kappa shape index (κ1) is 21.6. The van der Waals surface area contributed by atoms with Crippen LogP contribution in [0.2, 0.25) is 10.0 Å². The number of carbonyl (C=O) groups is 1. The van der Waals surface area contributed by atoms with Crippen LogP contribution in [0.4, 0.5) is 5.69 Å². The number of aromatic nitrogens is 1. The van der Waals surface area contributed by atoms with Crippen LogP contribution in [-0.4, -0.2) is 54.6 Å². The topological polar surface area (TPSA) is 51.4 Å². The van der Waals surface area contributed by atoms with Crippen LogP contribution in [0.25, 0.3) is 10.9 Å². The van der Waals surface area contributed by atoms with E-state index in [-0.39, 0.29) is 5.91 Å². The van der Waals surface area contributed by atoms with Gasteiger partial charge in [-0.25, -0.2) is 0 Å². The molecule has 0 atom stereocenters. The van der Waals surface area contributed by atoms with Crippen molar-refractivity contribution in [1.82, 2.24) is 15.2 Å². The lowest BCUT2D eigenvalue weighted by atomic mass is 9.78. The summed E-state index contributed by atoms with van der Waals surface area (Å²) >= 11 is 12.6. The van der Waals surface area contributed by atoms with E-state index in [0.717, 1.165) is 62.2 Å². The number of hydrogen-bond acceptors (Lipinski definition) is 3. The van der Waals surface area contributed by atoms with Crippen molar-refractivity contribution in [2.75, 3.05) is 37.6 Å². The maximum Gasteiger partial charge on any atom is 0.267 e. The van der Waals surface area contributed by atoms with Gasteiger partial charge < -0.3 is 15.2 Å². The van der Waals surface area contributed by atoms with E-state index in [4.69, 9.17) is 23.2 Å². The van der Waals surface area contributed by atoms with Gasteiger partial charge >= 0.3 is 0 Å². The Kier molecular flexibility index (Phi) is 6.31. The summed E-state index contributed by atoms with van der Waals surface area (Å²) in [7, 11) is 0.